The molecule has 0 unspecified atom stereocenters. The molecule has 3 fully saturated rings. The molecule has 0 aromatic carbocycles. The molecule has 0 spiro atoms. The van der Waals surface area contributed by atoms with E-state index in [1.807, 2.05) is 0 Å². The van der Waals surface area contributed by atoms with Crippen LogP contribution in [0.15, 0.2) is 16.0 Å². The van der Waals surface area contributed by atoms with Crippen molar-refractivity contribution in [2.24, 2.45) is 0 Å². The van der Waals surface area contributed by atoms with E-state index in [1.165, 1.54) is 38.0 Å². The average Bonchev–Trinajstić information content (AvgIpc) is 3.05. The van der Waals surface area contributed by atoms with Crippen molar-refractivity contribution in [2.45, 2.75) is 18.9 Å². The summed E-state index contributed by atoms with van der Waals surface area (Å²) in [4.78, 5) is 9.73. The van der Waals surface area contributed by atoms with Crippen molar-refractivity contribution in [3.63, 3.8) is 0 Å². The Morgan fingerprint density at radius 2 is 2.05 bits per heavy atom. The van der Waals surface area contributed by atoms with Gasteiger partial charge in [-0.05, 0) is 0 Å². The molecule has 0 saturated carbocycles. The van der Waals surface area contributed by atoms with Crippen molar-refractivity contribution in [3.05, 3.63) is 21.0 Å². The predicted molar refractivity (Wildman–Crippen MR) is 82.4 cm³/mol. The Morgan fingerprint density at radius 1 is 1.16 bits per heavy atom. The molecule has 6 heteroatoms. The minimum absolute atomic E-state index is 0.0138. The van der Waals surface area contributed by atoms with Crippen LogP contribution in [0.25, 0.3) is 5.57 Å². The molecule has 19 heavy (non-hydrogen) atoms. The van der Waals surface area contributed by atoms with Crippen LogP contribution in [-0.4, -0.2) is 62.3 Å². The summed E-state index contributed by atoms with van der Waals surface area (Å²) in [6.07, 6.45) is 4.78. The van der Waals surface area contributed by atoms with Gasteiger partial charge in [0.2, 0.25) is 0 Å². The molecule has 4 aliphatic heterocycles. The maximum absolute atomic E-state index is 4.46. The van der Waals surface area contributed by atoms with E-state index in [4.69, 9.17) is 0 Å². The number of hydrogen-bond donors (Lipinski definition) is 0. The fourth-order valence-electron chi connectivity index (χ4n) is 3.04. The first kappa shape index (κ1) is 12.1. The zero-order chi connectivity index (χ0) is 12.7. The Balaban J connectivity index is 1.60. The van der Waals surface area contributed by atoms with Crippen molar-refractivity contribution < 1.29 is 0 Å². The summed E-state index contributed by atoms with van der Waals surface area (Å²) in [5.41, 5.74) is 1.30. The monoisotopic (exact) mass is 342 g/mol. The van der Waals surface area contributed by atoms with Crippen molar-refractivity contribution in [2.75, 3.05) is 31.1 Å². The van der Waals surface area contributed by atoms with Gasteiger partial charge in [0.25, 0.3) is 0 Å². The maximum atomic E-state index is 4.46. The number of hydrogen-bond acceptors (Lipinski definition) is 5. The van der Waals surface area contributed by atoms with E-state index in [-0.39, 0.29) is 15.0 Å². The summed E-state index contributed by atoms with van der Waals surface area (Å²) in [5, 5.41) is 11.1. The van der Waals surface area contributed by atoms with Crippen molar-refractivity contribution in [1.29, 1.82) is 0 Å². The molecule has 0 amide bonds. The molecule has 1 aromatic heterocycles. The summed E-state index contributed by atoms with van der Waals surface area (Å²) < 4.78 is 0. The summed E-state index contributed by atoms with van der Waals surface area (Å²) in [6.45, 7) is 4.81. The molecule has 5 rings (SSSR count). The van der Waals surface area contributed by atoms with E-state index in [9.17, 15) is 0 Å². The fourth-order valence-corrected chi connectivity index (χ4v) is 5.85. The van der Waals surface area contributed by atoms with E-state index in [0.29, 0.717) is 6.04 Å². The van der Waals surface area contributed by atoms with Crippen LogP contribution >= 0.6 is 11.3 Å². The van der Waals surface area contributed by atoms with Gasteiger partial charge in [-0.2, -0.15) is 0 Å². The zero-order valence-corrected chi connectivity index (χ0v) is 13.7. The van der Waals surface area contributed by atoms with Gasteiger partial charge in [0, 0.05) is 0 Å². The van der Waals surface area contributed by atoms with Crippen molar-refractivity contribution >= 4 is 37.0 Å². The number of rotatable bonds is 2. The number of piperidine rings is 1. The van der Waals surface area contributed by atoms with Gasteiger partial charge in [0.15, 0.2) is 0 Å². The van der Waals surface area contributed by atoms with E-state index in [0.717, 1.165) is 16.7 Å². The number of fused-ring (bicyclic) bond motifs is 4. The summed E-state index contributed by atoms with van der Waals surface area (Å²) in [5.74, 6) is 0. The van der Waals surface area contributed by atoms with Crippen LogP contribution < -0.4 is 4.90 Å². The first-order valence-electron chi connectivity index (χ1n) is 6.86. The third-order valence-corrected chi connectivity index (χ3v) is 6.93. The number of aromatic nitrogens is 2. The van der Waals surface area contributed by atoms with Gasteiger partial charge >= 0.3 is 123 Å². The van der Waals surface area contributed by atoms with Crippen LogP contribution in [0.4, 0.5) is 5.13 Å². The van der Waals surface area contributed by atoms with Gasteiger partial charge in [-0.1, -0.05) is 0 Å². The summed E-state index contributed by atoms with van der Waals surface area (Å²) in [6, 6.07) is 0.682. The Labute approximate surface area is 123 Å². The first-order valence-corrected chi connectivity index (χ1v) is 10.1. The first-order chi connectivity index (χ1) is 9.40. The van der Waals surface area contributed by atoms with Gasteiger partial charge in [-0.25, -0.2) is 0 Å². The molecule has 3 saturated heterocycles. The molecule has 0 atom stereocenters. The standard InChI is InChI=1S/C13H18N4SSe/c1-4-16-5-2-11(1)17(7-6-16)13-15-14-12(18-13)10-3-8-19-9-10/h3,8-9,11H,1-2,4-7,19H2. The van der Waals surface area contributed by atoms with E-state index in [1.54, 1.807) is 11.3 Å². The quantitative estimate of drug-likeness (QED) is 0.747. The van der Waals surface area contributed by atoms with E-state index < -0.39 is 0 Å². The van der Waals surface area contributed by atoms with Crippen LogP contribution in [0.1, 0.15) is 17.8 Å². The number of anilines is 1. The summed E-state index contributed by atoms with van der Waals surface area (Å²) in [7, 11) is 0. The van der Waals surface area contributed by atoms with Crippen LogP contribution in [-0.2, 0) is 0 Å². The van der Waals surface area contributed by atoms with Crippen LogP contribution in [0.5, 0.6) is 0 Å². The molecule has 5 heterocycles. The van der Waals surface area contributed by atoms with Gasteiger partial charge in [-0.3, -0.25) is 0 Å². The molecule has 102 valence electrons. The van der Waals surface area contributed by atoms with Crippen LogP contribution in [0.3, 0.4) is 0 Å². The SMILES string of the molecule is C1=CC(c2nnc(N3CCN4CCC3CC4)s2)=C[SeH2]1. The van der Waals surface area contributed by atoms with Gasteiger partial charge in [0.1, 0.15) is 0 Å². The molecule has 4 aliphatic rings. The predicted octanol–water partition coefficient (Wildman–Crippen LogP) is 0.859. The Kier molecular flexibility index (Phi) is 3.19. The van der Waals surface area contributed by atoms with Crippen LogP contribution in [0, 0.1) is 0 Å². The normalized spacial score (nSPS) is 31.8. The second-order valence-electron chi connectivity index (χ2n) is 5.26. The Morgan fingerprint density at radius 3 is 2.84 bits per heavy atom. The Hall–Kier alpha value is -0.681. The molecule has 0 N–H and O–H groups in total. The minimum atomic E-state index is 0.0138. The van der Waals surface area contributed by atoms with E-state index in [2.05, 4.69) is 36.0 Å². The zero-order valence-electron chi connectivity index (χ0n) is 10.7. The Bertz CT molecular complexity index is 531. The molecular weight excluding hydrogens is 323 g/mol. The molecule has 0 aliphatic carbocycles. The second-order valence-corrected chi connectivity index (χ2v) is 8.22. The van der Waals surface area contributed by atoms with Gasteiger partial charge in [-0.15, -0.1) is 0 Å². The third-order valence-electron chi connectivity index (χ3n) is 4.16. The van der Waals surface area contributed by atoms with E-state index >= 15 is 0 Å². The second kappa shape index (κ2) is 5.02. The van der Waals surface area contributed by atoms with Crippen molar-refractivity contribution in [3.8, 4) is 0 Å². The number of allylic oxidation sites excluding steroid dienone is 2. The summed E-state index contributed by atoms with van der Waals surface area (Å²) >= 11 is 1.78. The number of nitrogens with zero attached hydrogens (tertiary/aromatic N) is 4. The molecule has 0 radical (unpaired) electrons. The molecule has 2 bridgehead atoms. The molecule has 4 nitrogen and oxygen atoms in total. The van der Waals surface area contributed by atoms with Crippen LogP contribution in [0.2, 0.25) is 0 Å². The van der Waals surface area contributed by atoms with Gasteiger partial charge < -0.3 is 0 Å². The van der Waals surface area contributed by atoms with Crippen molar-refractivity contribution in [1.82, 2.24) is 15.1 Å². The van der Waals surface area contributed by atoms with Gasteiger partial charge in [0.05, 0.1) is 0 Å². The average molecular weight is 341 g/mol. The third kappa shape index (κ3) is 2.27. The topological polar surface area (TPSA) is 32.3 Å². The molecule has 1 aromatic rings. The molecular formula is C13H18N4SSe. The fraction of sp³-hybridized carbons (Fsp3) is 0.538.